The van der Waals surface area contributed by atoms with E-state index >= 15 is 0 Å². The average Bonchev–Trinajstić information content (AvgIpc) is 2.88. The Labute approximate surface area is 207 Å². The average molecular weight is 494 g/mol. The van der Waals surface area contributed by atoms with Gasteiger partial charge in [0.1, 0.15) is 0 Å². The van der Waals surface area contributed by atoms with Crippen LogP contribution >= 0.6 is 11.8 Å². The van der Waals surface area contributed by atoms with Gasteiger partial charge in [-0.05, 0) is 24.6 Å². The molecule has 0 spiro atoms. The van der Waals surface area contributed by atoms with Crippen molar-refractivity contribution in [1.82, 2.24) is 14.5 Å². The molecule has 1 amide bonds. The Kier molecular flexibility index (Phi) is 7.50. The van der Waals surface area contributed by atoms with Crippen molar-refractivity contribution in [2.24, 2.45) is 7.05 Å². The first-order valence-electron chi connectivity index (χ1n) is 11.3. The third-order valence-corrected chi connectivity index (χ3v) is 7.17. The molecule has 0 unspecified atom stereocenters. The Bertz CT molecular complexity index is 1270. The lowest BCUT2D eigenvalue weighted by Gasteiger charge is -2.36. The lowest BCUT2D eigenvalue weighted by Crippen LogP contribution is -2.49. The summed E-state index contributed by atoms with van der Waals surface area (Å²) in [5.74, 6) is 0.202. The van der Waals surface area contributed by atoms with Crippen molar-refractivity contribution in [2.45, 2.75) is 18.5 Å². The Morgan fingerprint density at radius 1 is 1.06 bits per heavy atom. The summed E-state index contributed by atoms with van der Waals surface area (Å²) in [4.78, 5) is 44.7. The lowest BCUT2D eigenvalue weighted by molar-refractivity contribution is -0.384. The number of benzene rings is 2. The Balaban J connectivity index is 1.34. The number of carbonyl (C=O) groups is 1. The molecule has 182 valence electrons. The van der Waals surface area contributed by atoms with Crippen molar-refractivity contribution in [2.75, 3.05) is 36.8 Å². The maximum Gasteiger partial charge on any atom is 0.269 e. The van der Waals surface area contributed by atoms with E-state index in [1.807, 2.05) is 42.2 Å². The van der Waals surface area contributed by atoms with E-state index in [0.717, 1.165) is 11.3 Å². The normalized spacial score (nSPS) is 13.7. The van der Waals surface area contributed by atoms with E-state index in [2.05, 4.69) is 9.88 Å². The zero-order valence-electron chi connectivity index (χ0n) is 19.7. The molecule has 0 bridgehead atoms. The molecule has 0 N–H and O–H groups in total. The van der Waals surface area contributed by atoms with Crippen molar-refractivity contribution in [3.8, 4) is 0 Å². The van der Waals surface area contributed by atoms with Crippen molar-refractivity contribution >= 4 is 29.0 Å². The highest BCUT2D eigenvalue weighted by atomic mass is 32.2. The molecule has 35 heavy (non-hydrogen) atoms. The number of rotatable bonds is 7. The number of hydrogen-bond donors (Lipinski definition) is 0. The fourth-order valence-corrected chi connectivity index (χ4v) is 4.99. The third-order valence-electron chi connectivity index (χ3n) is 6.16. The summed E-state index contributed by atoms with van der Waals surface area (Å²) in [6.45, 7) is 4.27. The number of non-ortho nitro benzene ring substituents is 1. The molecular formula is C25H27N5O4S. The van der Waals surface area contributed by atoms with Gasteiger partial charge in [-0.1, -0.05) is 42.1 Å². The molecule has 3 aromatic rings. The summed E-state index contributed by atoms with van der Waals surface area (Å²) in [6.07, 6.45) is 0.523. The van der Waals surface area contributed by atoms with Crippen LogP contribution < -0.4 is 10.5 Å². The molecule has 4 rings (SSSR count). The van der Waals surface area contributed by atoms with Crippen molar-refractivity contribution in [1.29, 1.82) is 0 Å². The van der Waals surface area contributed by atoms with Gasteiger partial charge in [0.05, 0.1) is 10.7 Å². The van der Waals surface area contributed by atoms with Crippen molar-refractivity contribution in [3.05, 3.63) is 91.9 Å². The van der Waals surface area contributed by atoms with Gasteiger partial charge in [0.15, 0.2) is 5.16 Å². The van der Waals surface area contributed by atoms with E-state index in [9.17, 15) is 19.7 Å². The first kappa shape index (κ1) is 24.5. The number of carbonyl (C=O) groups excluding carboxylic acids is 1. The topological polar surface area (TPSA) is 102 Å². The number of piperazine rings is 1. The molecule has 0 saturated carbocycles. The summed E-state index contributed by atoms with van der Waals surface area (Å²) >= 11 is 1.28. The molecule has 1 aromatic heterocycles. The van der Waals surface area contributed by atoms with Crippen LogP contribution in [0.1, 0.15) is 16.8 Å². The van der Waals surface area contributed by atoms with Gasteiger partial charge in [0, 0.05) is 68.7 Å². The molecule has 1 saturated heterocycles. The molecule has 2 aromatic carbocycles. The second kappa shape index (κ2) is 10.7. The second-order valence-corrected chi connectivity index (χ2v) is 9.36. The van der Waals surface area contributed by atoms with Crippen LogP contribution in [0.3, 0.4) is 0 Å². The van der Waals surface area contributed by atoms with Crippen molar-refractivity contribution < 1.29 is 9.72 Å². The highest BCUT2D eigenvalue weighted by Gasteiger charge is 2.22. The number of hydrogen-bond acceptors (Lipinski definition) is 7. The van der Waals surface area contributed by atoms with Crippen LogP contribution in [0.15, 0.2) is 64.5 Å². The number of thioether (sulfide) groups is 1. The molecular weight excluding hydrogens is 466 g/mol. The van der Waals surface area contributed by atoms with Gasteiger partial charge in [-0.15, -0.1) is 0 Å². The quantitative estimate of drug-likeness (QED) is 0.216. The fraction of sp³-hybridized carbons (Fsp3) is 0.320. The van der Waals surface area contributed by atoms with E-state index in [1.54, 1.807) is 19.2 Å². The molecule has 1 aliphatic heterocycles. The maximum absolute atomic E-state index is 13.0. The zero-order valence-corrected chi connectivity index (χ0v) is 20.5. The molecule has 9 nitrogen and oxygen atoms in total. The molecule has 0 atom stereocenters. The van der Waals surface area contributed by atoms with Gasteiger partial charge < -0.3 is 9.80 Å². The van der Waals surface area contributed by atoms with Crippen molar-refractivity contribution in [3.63, 3.8) is 0 Å². The van der Waals surface area contributed by atoms with E-state index < -0.39 is 4.92 Å². The Hall–Kier alpha value is -3.66. The largest absolute Gasteiger partial charge is 0.368 e. The minimum absolute atomic E-state index is 0.00128. The van der Waals surface area contributed by atoms with E-state index in [1.165, 1.54) is 28.5 Å². The smallest absolute Gasteiger partial charge is 0.269 e. The molecule has 0 radical (unpaired) electrons. The minimum Gasteiger partial charge on any atom is -0.368 e. The number of nitrogens with zero attached hydrogens (tertiary/aromatic N) is 5. The summed E-state index contributed by atoms with van der Waals surface area (Å²) in [6, 6.07) is 16.3. The summed E-state index contributed by atoms with van der Waals surface area (Å²) in [5, 5.41) is 11.4. The third kappa shape index (κ3) is 5.71. The highest BCUT2D eigenvalue weighted by Crippen LogP contribution is 2.22. The van der Waals surface area contributed by atoms with Crippen LogP contribution in [0.5, 0.6) is 0 Å². The van der Waals surface area contributed by atoms with Crippen LogP contribution in [0.25, 0.3) is 0 Å². The van der Waals surface area contributed by atoms with Gasteiger partial charge >= 0.3 is 0 Å². The lowest BCUT2D eigenvalue weighted by atomic mass is 10.1. The monoisotopic (exact) mass is 493 g/mol. The van der Waals surface area contributed by atoms with Crippen LogP contribution in [0.4, 0.5) is 11.4 Å². The first-order valence-corrected chi connectivity index (χ1v) is 12.3. The number of anilines is 1. The standard InChI is InChI=1S/C25H27N5O4S/c1-18-22(16-19-6-4-3-5-7-19)24(32)27(2)25(26-18)35-17-23(31)29-14-12-28(13-15-29)20-8-10-21(11-9-20)30(33)34/h3-11H,12-17H2,1-2H3. The van der Waals surface area contributed by atoms with Crippen LogP contribution in [-0.2, 0) is 18.3 Å². The number of nitro benzene ring substituents is 1. The van der Waals surface area contributed by atoms with Crippen LogP contribution in [-0.4, -0.2) is 57.2 Å². The summed E-state index contributed by atoms with van der Waals surface area (Å²) in [7, 11) is 1.69. The number of amides is 1. The maximum atomic E-state index is 13.0. The van der Waals surface area contributed by atoms with E-state index in [0.29, 0.717) is 49.0 Å². The van der Waals surface area contributed by atoms with Crippen LogP contribution in [0.2, 0.25) is 0 Å². The predicted molar refractivity (Wildman–Crippen MR) is 136 cm³/mol. The van der Waals surface area contributed by atoms with Gasteiger partial charge in [-0.2, -0.15) is 0 Å². The van der Waals surface area contributed by atoms with Gasteiger partial charge in [0.2, 0.25) is 5.91 Å². The Morgan fingerprint density at radius 2 is 1.71 bits per heavy atom. The number of nitro groups is 1. The number of aryl methyl sites for hydroxylation is 1. The number of aromatic nitrogens is 2. The minimum atomic E-state index is -0.416. The molecule has 2 heterocycles. The van der Waals surface area contributed by atoms with E-state index in [-0.39, 0.29) is 22.9 Å². The van der Waals surface area contributed by atoms with Gasteiger partial charge in [-0.3, -0.25) is 24.3 Å². The first-order chi connectivity index (χ1) is 16.8. The zero-order chi connectivity index (χ0) is 24.9. The highest BCUT2D eigenvalue weighted by molar-refractivity contribution is 7.99. The Morgan fingerprint density at radius 3 is 2.34 bits per heavy atom. The van der Waals surface area contributed by atoms with Crippen LogP contribution in [0, 0.1) is 17.0 Å². The molecule has 0 aliphatic carbocycles. The fourth-order valence-electron chi connectivity index (χ4n) is 4.08. The van der Waals surface area contributed by atoms with Gasteiger partial charge in [-0.25, -0.2) is 4.98 Å². The summed E-state index contributed by atoms with van der Waals surface area (Å²) < 4.78 is 1.52. The van der Waals surface area contributed by atoms with E-state index in [4.69, 9.17) is 0 Å². The summed E-state index contributed by atoms with van der Waals surface area (Å²) in [5.41, 5.74) is 3.28. The predicted octanol–water partition coefficient (Wildman–Crippen LogP) is 3.03. The van der Waals surface area contributed by atoms with Gasteiger partial charge in [0.25, 0.3) is 11.2 Å². The molecule has 1 aliphatic rings. The SMILES string of the molecule is Cc1nc(SCC(=O)N2CCN(c3ccc([N+](=O)[O-])cc3)CC2)n(C)c(=O)c1Cc1ccccc1. The molecule has 1 fully saturated rings. The molecule has 10 heteroatoms. The second-order valence-electron chi connectivity index (χ2n) is 8.41.